The quantitative estimate of drug-likeness (QED) is 0.553. The van der Waals surface area contributed by atoms with Crippen molar-refractivity contribution in [1.29, 1.82) is 0 Å². The molecule has 0 saturated heterocycles. The van der Waals surface area contributed by atoms with Crippen LogP contribution in [0.5, 0.6) is 0 Å². The molecule has 0 atom stereocenters. The van der Waals surface area contributed by atoms with E-state index >= 15 is 0 Å². The maximum Gasteiger partial charge on any atom is 0.349 e. The summed E-state index contributed by atoms with van der Waals surface area (Å²) in [5.74, 6) is -0.482. The summed E-state index contributed by atoms with van der Waals surface area (Å²) in [6.45, 7) is 3.93. The van der Waals surface area contributed by atoms with Crippen LogP contribution in [0.15, 0.2) is 56.2 Å². The molecule has 136 valence electrons. The third-order valence-corrected chi connectivity index (χ3v) is 3.91. The van der Waals surface area contributed by atoms with Crippen molar-refractivity contribution in [2.75, 3.05) is 5.32 Å². The van der Waals surface area contributed by atoms with Crippen LogP contribution in [0, 0.1) is 0 Å². The third-order valence-electron chi connectivity index (χ3n) is 3.91. The molecule has 0 fully saturated rings. The topological polar surface area (TPSA) is 116 Å². The number of para-hydroxylation sites is 1. The van der Waals surface area contributed by atoms with Crippen LogP contribution >= 0.6 is 0 Å². The zero-order chi connectivity index (χ0) is 19.0. The lowest BCUT2D eigenvalue weighted by Crippen LogP contribution is -2.20. The van der Waals surface area contributed by atoms with Gasteiger partial charge in [-0.25, -0.2) is 4.79 Å². The summed E-state index contributed by atoms with van der Waals surface area (Å²) in [6.07, 6.45) is 1.62. The van der Waals surface area contributed by atoms with Crippen LogP contribution in [-0.2, 0) is 0 Å². The Morgan fingerprint density at radius 3 is 2.78 bits per heavy atom. The monoisotopic (exact) mass is 365 g/mol. The molecule has 0 unspecified atom stereocenters. The molecule has 4 rings (SSSR count). The van der Waals surface area contributed by atoms with Gasteiger partial charge in [-0.05, 0) is 32.0 Å². The van der Waals surface area contributed by atoms with Crippen LogP contribution in [0.4, 0.5) is 6.01 Å². The lowest BCUT2D eigenvalue weighted by atomic mass is 10.2. The van der Waals surface area contributed by atoms with Gasteiger partial charge in [0.05, 0.1) is 0 Å². The molecule has 0 radical (unpaired) electrons. The Kier molecular flexibility index (Phi) is 4.03. The molecule has 1 aromatic carbocycles. The molecule has 9 heteroatoms. The van der Waals surface area contributed by atoms with E-state index in [1.165, 1.54) is 6.07 Å². The highest BCUT2D eigenvalue weighted by Crippen LogP contribution is 2.22. The van der Waals surface area contributed by atoms with Gasteiger partial charge >= 0.3 is 11.6 Å². The lowest BCUT2D eigenvalue weighted by Gasteiger charge is -2.07. The molecule has 0 bridgehead atoms. The first-order chi connectivity index (χ1) is 13.0. The normalized spacial score (nSPS) is 11.2. The van der Waals surface area contributed by atoms with E-state index in [1.807, 2.05) is 13.8 Å². The minimum atomic E-state index is -0.746. The van der Waals surface area contributed by atoms with Crippen LogP contribution in [0.1, 0.15) is 30.2 Å². The highest BCUT2D eigenvalue weighted by molar-refractivity contribution is 6.04. The molecular formula is C18H15N5O4. The number of anilines is 1. The van der Waals surface area contributed by atoms with Gasteiger partial charge in [0.25, 0.3) is 11.8 Å². The van der Waals surface area contributed by atoms with E-state index in [1.54, 1.807) is 41.2 Å². The Morgan fingerprint density at radius 1 is 1.15 bits per heavy atom. The number of rotatable bonds is 4. The standard InChI is InChI=1S/C18H15N5O4/c1-10(2)23-13(7-8-19-23)16-21-22-18(27-16)20-15(24)12-9-11-5-3-4-6-14(11)26-17(12)25/h3-10H,1-2H3,(H,20,22,24). The highest BCUT2D eigenvalue weighted by Gasteiger charge is 2.19. The Bertz CT molecular complexity index is 1190. The summed E-state index contributed by atoms with van der Waals surface area (Å²) < 4.78 is 12.4. The van der Waals surface area contributed by atoms with E-state index in [2.05, 4.69) is 20.6 Å². The zero-order valence-electron chi connectivity index (χ0n) is 14.5. The number of benzene rings is 1. The molecule has 1 amide bonds. The van der Waals surface area contributed by atoms with Gasteiger partial charge in [-0.2, -0.15) is 5.10 Å². The van der Waals surface area contributed by atoms with Crippen molar-refractivity contribution in [2.45, 2.75) is 19.9 Å². The number of hydrogen-bond acceptors (Lipinski definition) is 7. The number of aromatic nitrogens is 4. The van der Waals surface area contributed by atoms with Crippen molar-refractivity contribution >= 4 is 22.9 Å². The van der Waals surface area contributed by atoms with E-state index in [0.29, 0.717) is 16.7 Å². The molecule has 0 aliphatic carbocycles. The minimum absolute atomic E-state index is 0.0992. The molecule has 3 aromatic heterocycles. The van der Waals surface area contributed by atoms with Crippen molar-refractivity contribution in [3.8, 4) is 11.6 Å². The van der Waals surface area contributed by atoms with Crippen LogP contribution in [0.2, 0.25) is 0 Å². The van der Waals surface area contributed by atoms with Crippen LogP contribution in [-0.4, -0.2) is 25.9 Å². The van der Waals surface area contributed by atoms with Crippen LogP contribution < -0.4 is 10.9 Å². The fourth-order valence-corrected chi connectivity index (χ4v) is 2.66. The SMILES string of the molecule is CC(C)n1nccc1-c1nnc(NC(=O)c2cc3ccccc3oc2=O)o1. The number of hydrogen-bond donors (Lipinski definition) is 1. The summed E-state index contributed by atoms with van der Waals surface area (Å²) in [5, 5.41) is 15.0. The predicted molar refractivity (Wildman–Crippen MR) is 96.3 cm³/mol. The lowest BCUT2D eigenvalue weighted by molar-refractivity contribution is 0.102. The average Bonchev–Trinajstić information content (AvgIpc) is 3.30. The predicted octanol–water partition coefficient (Wildman–Crippen LogP) is 2.87. The third kappa shape index (κ3) is 3.10. The summed E-state index contributed by atoms with van der Waals surface area (Å²) in [5.41, 5.74) is 0.133. The van der Waals surface area contributed by atoms with E-state index in [0.717, 1.165) is 0 Å². The van der Waals surface area contributed by atoms with Gasteiger partial charge in [0.2, 0.25) is 0 Å². The number of fused-ring (bicyclic) bond motifs is 1. The molecule has 0 spiro atoms. The maximum absolute atomic E-state index is 12.4. The summed E-state index contributed by atoms with van der Waals surface area (Å²) in [7, 11) is 0. The van der Waals surface area contributed by atoms with Crippen molar-refractivity contribution < 1.29 is 13.6 Å². The molecule has 0 aliphatic rings. The summed E-state index contributed by atoms with van der Waals surface area (Å²) in [6, 6.07) is 10.1. The van der Waals surface area contributed by atoms with Gasteiger partial charge in [0.15, 0.2) is 0 Å². The molecule has 1 N–H and O–H groups in total. The first-order valence-corrected chi connectivity index (χ1v) is 8.24. The molecule has 27 heavy (non-hydrogen) atoms. The zero-order valence-corrected chi connectivity index (χ0v) is 14.5. The fraction of sp³-hybridized carbons (Fsp3) is 0.167. The molecule has 3 heterocycles. The van der Waals surface area contributed by atoms with Gasteiger partial charge in [0.1, 0.15) is 16.8 Å². The Hall–Kier alpha value is -3.75. The summed E-state index contributed by atoms with van der Waals surface area (Å²) in [4.78, 5) is 24.5. The number of amides is 1. The van der Waals surface area contributed by atoms with Gasteiger partial charge in [-0.3, -0.25) is 14.8 Å². The largest absolute Gasteiger partial charge is 0.422 e. The molecule has 4 aromatic rings. The van der Waals surface area contributed by atoms with Gasteiger partial charge < -0.3 is 8.83 Å². The number of carbonyl (C=O) groups is 1. The second-order valence-electron chi connectivity index (χ2n) is 6.11. The summed E-state index contributed by atoms with van der Waals surface area (Å²) >= 11 is 0. The smallest absolute Gasteiger partial charge is 0.349 e. The first kappa shape index (κ1) is 16.7. The Balaban J connectivity index is 1.61. The first-order valence-electron chi connectivity index (χ1n) is 8.24. The van der Waals surface area contributed by atoms with E-state index < -0.39 is 11.5 Å². The fourth-order valence-electron chi connectivity index (χ4n) is 2.66. The van der Waals surface area contributed by atoms with Crippen molar-refractivity contribution in [1.82, 2.24) is 20.0 Å². The molecule has 0 saturated carbocycles. The average molecular weight is 365 g/mol. The van der Waals surface area contributed by atoms with Gasteiger partial charge in [-0.15, -0.1) is 5.10 Å². The van der Waals surface area contributed by atoms with Crippen LogP contribution in [0.25, 0.3) is 22.6 Å². The molecular weight excluding hydrogens is 350 g/mol. The van der Waals surface area contributed by atoms with Crippen molar-refractivity contribution in [2.24, 2.45) is 0 Å². The molecule has 9 nitrogen and oxygen atoms in total. The Morgan fingerprint density at radius 2 is 1.96 bits per heavy atom. The second-order valence-corrected chi connectivity index (χ2v) is 6.11. The Labute approximate surface area is 152 Å². The van der Waals surface area contributed by atoms with Crippen molar-refractivity contribution in [3.63, 3.8) is 0 Å². The number of carbonyl (C=O) groups excluding carboxylic acids is 1. The highest BCUT2D eigenvalue weighted by atomic mass is 16.4. The minimum Gasteiger partial charge on any atom is -0.422 e. The van der Waals surface area contributed by atoms with E-state index in [4.69, 9.17) is 8.83 Å². The van der Waals surface area contributed by atoms with Gasteiger partial charge in [0, 0.05) is 17.6 Å². The van der Waals surface area contributed by atoms with Gasteiger partial charge in [-0.1, -0.05) is 23.3 Å². The van der Waals surface area contributed by atoms with E-state index in [9.17, 15) is 9.59 Å². The molecule has 0 aliphatic heterocycles. The second kappa shape index (κ2) is 6.52. The maximum atomic E-state index is 12.4. The van der Waals surface area contributed by atoms with E-state index in [-0.39, 0.29) is 23.5 Å². The van der Waals surface area contributed by atoms with Crippen molar-refractivity contribution in [3.05, 3.63) is 58.6 Å². The van der Waals surface area contributed by atoms with Crippen LogP contribution in [0.3, 0.4) is 0 Å². The number of nitrogens with zero attached hydrogens (tertiary/aromatic N) is 4. The number of nitrogens with one attached hydrogen (secondary N) is 1.